The van der Waals surface area contributed by atoms with Crippen molar-refractivity contribution in [2.75, 3.05) is 32.3 Å². The number of hydrogen-bond donors (Lipinski definition) is 2. The molecule has 0 saturated carbocycles. The number of amides is 1. The number of nitrogens with zero attached hydrogens (tertiary/aromatic N) is 1. The minimum Gasteiger partial charge on any atom is -0.353 e. The molecule has 4 nitrogen and oxygen atoms in total. The molecule has 126 valence electrons. The van der Waals surface area contributed by atoms with E-state index in [0.717, 1.165) is 22.2 Å². The van der Waals surface area contributed by atoms with Gasteiger partial charge in [-0.15, -0.1) is 36.6 Å². The molecule has 0 aliphatic carbocycles. The molecule has 2 atom stereocenters. The van der Waals surface area contributed by atoms with Crippen molar-refractivity contribution in [3.05, 3.63) is 34.9 Å². The second kappa shape index (κ2) is 10.6. The molecule has 0 spiro atoms. The maximum absolute atomic E-state index is 12.1. The van der Waals surface area contributed by atoms with Crippen LogP contribution in [0.5, 0.6) is 0 Å². The van der Waals surface area contributed by atoms with Crippen molar-refractivity contribution < 1.29 is 4.79 Å². The lowest BCUT2D eigenvalue weighted by atomic mass is 10.1. The Morgan fingerprint density at radius 1 is 1.45 bits per heavy atom. The Kier molecular flexibility index (Phi) is 10.5. The first kappa shape index (κ1) is 21.8. The number of hydrogen-bond acceptors (Lipinski definition) is 4. The van der Waals surface area contributed by atoms with Crippen LogP contribution < -0.4 is 10.6 Å². The highest BCUT2D eigenvalue weighted by atomic mass is 35.5. The summed E-state index contributed by atoms with van der Waals surface area (Å²) >= 11 is 8.00. The van der Waals surface area contributed by atoms with Crippen LogP contribution in [-0.2, 0) is 4.79 Å². The summed E-state index contributed by atoms with van der Waals surface area (Å²) in [4.78, 5) is 14.1. The largest absolute Gasteiger partial charge is 0.353 e. The van der Waals surface area contributed by atoms with E-state index in [9.17, 15) is 4.79 Å². The van der Waals surface area contributed by atoms with Crippen LogP contribution in [0.3, 0.4) is 0 Å². The molecular weight excluding hydrogens is 365 g/mol. The summed E-state index contributed by atoms with van der Waals surface area (Å²) in [7, 11) is 3.98. The van der Waals surface area contributed by atoms with Gasteiger partial charge in [0.25, 0.3) is 0 Å². The zero-order valence-electron chi connectivity index (χ0n) is 12.5. The molecule has 1 amide bonds. The van der Waals surface area contributed by atoms with E-state index >= 15 is 0 Å². The van der Waals surface area contributed by atoms with Crippen molar-refractivity contribution in [3.8, 4) is 0 Å². The number of benzene rings is 1. The van der Waals surface area contributed by atoms with Gasteiger partial charge in [0.2, 0.25) is 5.91 Å². The lowest BCUT2D eigenvalue weighted by Crippen LogP contribution is -2.44. The van der Waals surface area contributed by atoms with Crippen LogP contribution in [0.4, 0.5) is 0 Å². The van der Waals surface area contributed by atoms with E-state index in [-0.39, 0.29) is 42.8 Å². The Morgan fingerprint density at radius 2 is 2.14 bits per heavy atom. The number of halogens is 3. The zero-order chi connectivity index (χ0) is 14.5. The average molecular weight is 387 g/mol. The van der Waals surface area contributed by atoms with Crippen molar-refractivity contribution >= 4 is 54.1 Å². The van der Waals surface area contributed by atoms with Gasteiger partial charge in [0.15, 0.2) is 0 Å². The Bertz CT molecular complexity index is 470. The lowest BCUT2D eigenvalue weighted by molar-refractivity contribution is -0.122. The molecule has 2 rings (SSSR count). The molecule has 1 aliphatic heterocycles. The standard InChI is InChI=1S/C14H20ClN3OS.2ClH/c1-18(2)13(10-5-3-4-6-11(10)15)7-16-14(19)12-8-20-9-17-12;;/h3-6,12-13,17H,7-9H2,1-2H3,(H,16,19);2*1H. The highest BCUT2D eigenvalue weighted by Crippen LogP contribution is 2.25. The number of nitrogens with one attached hydrogen (secondary N) is 2. The van der Waals surface area contributed by atoms with Gasteiger partial charge in [-0.25, -0.2) is 0 Å². The van der Waals surface area contributed by atoms with Crippen LogP contribution in [0.1, 0.15) is 11.6 Å². The number of likely N-dealkylation sites (N-methyl/N-ethyl adjacent to an activating group) is 1. The van der Waals surface area contributed by atoms with Crippen LogP contribution in [0, 0.1) is 0 Å². The van der Waals surface area contributed by atoms with E-state index in [4.69, 9.17) is 11.6 Å². The Hall–Kier alpha value is -0.170. The van der Waals surface area contributed by atoms with Crippen LogP contribution >= 0.6 is 48.2 Å². The summed E-state index contributed by atoms with van der Waals surface area (Å²) in [5.41, 5.74) is 1.04. The Labute approximate surface area is 153 Å². The zero-order valence-corrected chi connectivity index (χ0v) is 15.7. The molecule has 1 aromatic rings. The third-order valence-electron chi connectivity index (χ3n) is 3.39. The van der Waals surface area contributed by atoms with Crippen LogP contribution in [-0.4, -0.2) is 49.1 Å². The molecule has 8 heteroatoms. The topological polar surface area (TPSA) is 44.4 Å². The highest BCUT2D eigenvalue weighted by Gasteiger charge is 2.24. The maximum Gasteiger partial charge on any atom is 0.238 e. The second-order valence-electron chi connectivity index (χ2n) is 5.02. The monoisotopic (exact) mass is 385 g/mol. The first-order valence-electron chi connectivity index (χ1n) is 6.59. The van der Waals surface area contributed by atoms with Gasteiger partial charge in [0.1, 0.15) is 0 Å². The van der Waals surface area contributed by atoms with Gasteiger partial charge in [-0.2, -0.15) is 0 Å². The first-order valence-corrected chi connectivity index (χ1v) is 8.12. The third-order valence-corrected chi connectivity index (χ3v) is 4.67. The molecular formula is C14H22Cl3N3OS. The molecule has 1 aliphatic rings. The summed E-state index contributed by atoms with van der Waals surface area (Å²) in [6.07, 6.45) is 0. The predicted octanol–water partition coefficient (Wildman–Crippen LogP) is 2.57. The number of carbonyl (C=O) groups excluding carboxylic acids is 1. The summed E-state index contributed by atoms with van der Waals surface area (Å²) in [5.74, 6) is 1.75. The van der Waals surface area contributed by atoms with Gasteiger partial charge in [0.05, 0.1) is 12.1 Å². The van der Waals surface area contributed by atoms with Gasteiger partial charge in [-0.05, 0) is 25.7 Å². The smallest absolute Gasteiger partial charge is 0.238 e. The molecule has 0 radical (unpaired) electrons. The van der Waals surface area contributed by atoms with Crippen molar-refractivity contribution in [1.29, 1.82) is 0 Å². The summed E-state index contributed by atoms with van der Waals surface area (Å²) in [6.45, 7) is 0.554. The van der Waals surface area contributed by atoms with Gasteiger partial charge in [0, 0.05) is 23.2 Å². The molecule has 1 fully saturated rings. The van der Waals surface area contributed by atoms with E-state index in [1.165, 1.54) is 0 Å². The minimum absolute atomic E-state index is 0. The summed E-state index contributed by atoms with van der Waals surface area (Å²) in [6, 6.07) is 7.76. The fourth-order valence-corrected chi connectivity index (χ4v) is 3.40. The normalized spacial score (nSPS) is 18.3. The molecule has 1 aromatic carbocycles. The lowest BCUT2D eigenvalue weighted by Gasteiger charge is -2.26. The van der Waals surface area contributed by atoms with E-state index in [1.807, 2.05) is 38.4 Å². The minimum atomic E-state index is -0.0749. The fourth-order valence-electron chi connectivity index (χ4n) is 2.20. The van der Waals surface area contributed by atoms with Gasteiger partial charge in [-0.3, -0.25) is 10.1 Å². The number of carbonyl (C=O) groups is 1. The van der Waals surface area contributed by atoms with Crippen molar-refractivity contribution in [2.45, 2.75) is 12.1 Å². The van der Waals surface area contributed by atoms with E-state index in [2.05, 4.69) is 15.5 Å². The highest BCUT2D eigenvalue weighted by molar-refractivity contribution is 7.99. The molecule has 0 aromatic heterocycles. The quantitative estimate of drug-likeness (QED) is 0.816. The Morgan fingerprint density at radius 3 is 2.68 bits per heavy atom. The molecule has 1 saturated heterocycles. The summed E-state index contributed by atoms with van der Waals surface area (Å²) < 4.78 is 0. The van der Waals surface area contributed by atoms with Crippen LogP contribution in [0.25, 0.3) is 0 Å². The second-order valence-corrected chi connectivity index (χ2v) is 6.46. The van der Waals surface area contributed by atoms with Crippen LogP contribution in [0.15, 0.2) is 24.3 Å². The van der Waals surface area contributed by atoms with Crippen molar-refractivity contribution in [1.82, 2.24) is 15.5 Å². The number of rotatable bonds is 5. The van der Waals surface area contributed by atoms with Crippen molar-refractivity contribution in [3.63, 3.8) is 0 Å². The molecule has 2 unspecified atom stereocenters. The van der Waals surface area contributed by atoms with E-state index < -0.39 is 0 Å². The van der Waals surface area contributed by atoms with E-state index in [0.29, 0.717) is 6.54 Å². The van der Waals surface area contributed by atoms with Gasteiger partial charge < -0.3 is 10.2 Å². The molecule has 1 heterocycles. The summed E-state index contributed by atoms with van der Waals surface area (Å²) in [5, 5.41) is 6.92. The molecule has 2 N–H and O–H groups in total. The predicted molar refractivity (Wildman–Crippen MR) is 99.6 cm³/mol. The maximum atomic E-state index is 12.1. The number of thioether (sulfide) groups is 1. The Balaban J connectivity index is 0.00000220. The molecule has 0 bridgehead atoms. The van der Waals surface area contributed by atoms with Crippen molar-refractivity contribution in [2.24, 2.45) is 0 Å². The average Bonchev–Trinajstić information content (AvgIpc) is 2.94. The first-order chi connectivity index (χ1) is 9.59. The SMILES string of the molecule is CN(C)C(CNC(=O)C1CSCN1)c1ccccc1Cl.Cl.Cl. The van der Waals surface area contributed by atoms with Gasteiger partial charge in [-0.1, -0.05) is 29.8 Å². The van der Waals surface area contributed by atoms with Crippen LogP contribution in [0.2, 0.25) is 5.02 Å². The fraction of sp³-hybridized carbons (Fsp3) is 0.500. The molecule has 22 heavy (non-hydrogen) atoms. The third kappa shape index (κ3) is 5.80. The van der Waals surface area contributed by atoms with E-state index in [1.54, 1.807) is 11.8 Å². The van der Waals surface area contributed by atoms with Gasteiger partial charge >= 0.3 is 0 Å².